The lowest BCUT2D eigenvalue weighted by atomic mass is 9.93. The zero-order chi connectivity index (χ0) is 17.5. The predicted molar refractivity (Wildman–Crippen MR) is 89.3 cm³/mol. The van der Waals surface area contributed by atoms with Crippen molar-refractivity contribution in [2.75, 3.05) is 19.8 Å². The zero-order valence-electron chi connectivity index (χ0n) is 14.2. The number of carboxylic acid groups (broad SMARTS) is 1. The van der Waals surface area contributed by atoms with Crippen molar-refractivity contribution in [2.24, 2.45) is 5.92 Å². The first-order valence-corrected chi connectivity index (χ1v) is 8.39. The molecule has 1 amide bonds. The number of piperidine rings is 1. The van der Waals surface area contributed by atoms with Gasteiger partial charge in [-0.2, -0.15) is 0 Å². The van der Waals surface area contributed by atoms with Gasteiger partial charge in [-0.05, 0) is 50.5 Å². The minimum atomic E-state index is -0.844. The van der Waals surface area contributed by atoms with E-state index in [9.17, 15) is 9.59 Å². The van der Waals surface area contributed by atoms with Gasteiger partial charge in [-0.15, -0.1) is 0 Å². The Hall–Kier alpha value is -2.24. The van der Waals surface area contributed by atoms with Gasteiger partial charge in [-0.3, -0.25) is 9.59 Å². The van der Waals surface area contributed by atoms with Crippen LogP contribution in [0.4, 0.5) is 0 Å². The number of amides is 1. The second kappa shape index (κ2) is 8.57. The average molecular weight is 335 g/mol. The summed E-state index contributed by atoms with van der Waals surface area (Å²) < 4.78 is 11.0. The molecule has 2 unspecified atom stereocenters. The molecule has 1 aromatic rings. The highest BCUT2D eigenvalue weighted by Crippen LogP contribution is 2.23. The molecule has 24 heavy (non-hydrogen) atoms. The molecule has 6 heteroatoms. The third kappa shape index (κ3) is 4.88. The van der Waals surface area contributed by atoms with E-state index in [0.717, 1.165) is 12.2 Å². The summed E-state index contributed by atoms with van der Waals surface area (Å²) in [5.41, 5.74) is 0. The van der Waals surface area contributed by atoms with Crippen LogP contribution >= 0.6 is 0 Å². The molecule has 0 spiro atoms. The topological polar surface area (TPSA) is 76.1 Å². The molecule has 1 aliphatic heterocycles. The molecule has 1 fully saturated rings. The zero-order valence-corrected chi connectivity index (χ0v) is 14.2. The van der Waals surface area contributed by atoms with Crippen molar-refractivity contribution in [3.63, 3.8) is 0 Å². The van der Waals surface area contributed by atoms with Gasteiger partial charge in [0, 0.05) is 12.6 Å². The molecule has 1 aromatic carbocycles. The number of nitrogens with zero attached hydrogens (tertiary/aromatic N) is 1. The summed E-state index contributed by atoms with van der Waals surface area (Å²) >= 11 is 0. The molecule has 132 valence electrons. The van der Waals surface area contributed by atoms with Crippen LogP contribution in [0.1, 0.15) is 33.1 Å². The van der Waals surface area contributed by atoms with Crippen molar-refractivity contribution in [3.8, 4) is 11.5 Å². The molecule has 0 aliphatic carbocycles. The van der Waals surface area contributed by atoms with E-state index in [4.69, 9.17) is 14.6 Å². The van der Waals surface area contributed by atoms with Crippen molar-refractivity contribution >= 4 is 11.9 Å². The Bertz CT molecular complexity index is 557. The van der Waals surface area contributed by atoms with Gasteiger partial charge < -0.3 is 19.5 Å². The molecular weight excluding hydrogens is 310 g/mol. The first kappa shape index (κ1) is 18.1. The Kier molecular flexibility index (Phi) is 6.46. The highest BCUT2D eigenvalue weighted by Gasteiger charge is 2.32. The van der Waals surface area contributed by atoms with Crippen LogP contribution in [0.25, 0.3) is 0 Å². The van der Waals surface area contributed by atoms with Crippen LogP contribution in [0.3, 0.4) is 0 Å². The maximum atomic E-state index is 12.3. The van der Waals surface area contributed by atoms with Gasteiger partial charge in [-0.1, -0.05) is 6.92 Å². The van der Waals surface area contributed by atoms with Crippen molar-refractivity contribution in [1.82, 2.24) is 4.90 Å². The van der Waals surface area contributed by atoms with E-state index >= 15 is 0 Å². The molecule has 2 atom stereocenters. The van der Waals surface area contributed by atoms with E-state index in [0.29, 0.717) is 25.2 Å². The summed E-state index contributed by atoms with van der Waals surface area (Å²) in [5, 5.41) is 9.14. The third-order valence-electron chi connectivity index (χ3n) is 4.21. The van der Waals surface area contributed by atoms with Crippen LogP contribution in [-0.4, -0.2) is 47.7 Å². The van der Waals surface area contributed by atoms with Crippen molar-refractivity contribution in [2.45, 2.75) is 39.2 Å². The van der Waals surface area contributed by atoms with Crippen molar-refractivity contribution < 1.29 is 24.2 Å². The molecule has 1 heterocycles. The summed E-state index contributed by atoms with van der Waals surface area (Å²) in [4.78, 5) is 25.1. The Morgan fingerprint density at radius 1 is 1.17 bits per heavy atom. The molecule has 2 rings (SSSR count). The lowest BCUT2D eigenvalue weighted by Crippen LogP contribution is -2.49. The number of hydrogen-bond donors (Lipinski definition) is 1. The van der Waals surface area contributed by atoms with E-state index in [1.807, 2.05) is 13.8 Å². The normalized spacial score (nSPS) is 20.5. The molecule has 0 radical (unpaired) electrons. The molecule has 1 saturated heterocycles. The van der Waals surface area contributed by atoms with Gasteiger partial charge in [0.1, 0.15) is 11.5 Å². The number of carbonyl (C=O) groups is 2. The Labute approximate surface area is 142 Å². The summed E-state index contributed by atoms with van der Waals surface area (Å²) in [7, 11) is 0. The van der Waals surface area contributed by atoms with Crippen LogP contribution in [0, 0.1) is 5.92 Å². The highest BCUT2D eigenvalue weighted by molar-refractivity contribution is 5.79. The standard InChI is InChI=1S/C18H25NO5/c1-3-10-23-15-6-8-16(9-7-15)24-12-17(20)19-11-14(18(21)22)5-4-13(19)2/h6-9,13-14H,3-5,10-12H2,1-2H3,(H,21,22). The first-order valence-electron chi connectivity index (χ1n) is 8.39. The lowest BCUT2D eigenvalue weighted by Gasteiger charge is -2.36. The smallest absolute Gasteiger partial charge is 0.308 e. The van der Waals surface area contributed by atoms with Crippen LogP contribution in [0.15, 0.2) is 24.3 Å². The van der Waals surface area contributed by atoms with Gasteiger partial charge in [0.15, 0.2) is 6.61 Å². The van der Waals surface area contributed by atoms with Gasteiger partial charge in [-0.25, -0.2) is 0 Å². The number of rotatable bonds is 7. The molecule has 1 N–H and O–H groups in total. The third-order valence-corrected chi connectivity index (χ3v) is 4.21. The van der Waals surface area contributed by atoms with Gasteiger partial charge >= 0.3 is 5.97 Å². The highest BCUT2D eigenvalue weighted by atomic mass is 16.5. The van der Waals surface area contributed by atoms with E-state index < -0.39 is 11.9 Å². The fourth-order valence-corrected chi connectivity index (χ4v) is 2.74. The number of hydrogen-bond acceptors (Lipinski definition) is 4. The van der Waals surface area contributed by atoms with Gasteiger partial charge in [0.05, 0.1) is 12.5 Å². The number of likely N-dealkylation sites (tertiary alicyclic amines) is 1. The van der Waals surface area contributed by atoms with Crippen molar-refractivity contribution in [1.29, 1.82) is 0 Å². The van der Waals surface area contributed by atoms with Crippen LogP contribution in [0.2, 0.25) is 0 Å². The Balaban J connectivity index is 1.86. The van der Waals surface area contributed by atoms with Crippen LogP contribution in [0.5, 0.6) is 11.5 Å². The first-order chi connectivity index (χ1) is 11.5. The number of carboxylic acids is 1. The number of carbonyl (C=O) groups excluding carboxylic acids is 1. The van der Waals surface area contributed by atoms with E-state index in [1.54, 1.807) is 29.2 Å². The second-order valence-corrected chi connectivity index (χ2v) is 6.12. The number of ether oxygens (including phenoxy) is 2. The summed E-state index contributed by atoms with van der Waals surface area (Å²) in [6, 6.07) is 7.18. The molecular formula is C18H25NO5. The van der Waals surface area contributed by atoms with E-state index in [1.165, 1.54) is 0 Å². The lowest BCUT2D eigenvalue weighted by molar-refractivity contribution is -0.147. The maximum absolute atomic E-state index is 12.3. The summed E-state index contributed by atoms with van der Waals surface area (Å²) in [6.07, 6.45) is 2.25. The number of aliphatic carboxylic acids is 1. The molecule has 0 saturated carbocycles. The SMILES string of the molecule is CCCOc1ccc(OCC(=O)N2CC(C(=O)O)CCC2C)cc1. The minimum Gasteiger partial charge on any atom is -0.494 e. The van der Waals surface area contributed by atoms with Crippen LogP contribution < -0.4 is 9.47 Å². The Morgan fingerprint density at radius 2 is 1.79 bits per heavy atom. The Morgan fingerprint density at radius 3 is 2.38 bits per heavy atom. The van der Waals surface area contributed by atoms with Gasteiger partial charge in [0.25, 0.3) is 5.91 Å². The second-order valence-electron chi connectivity index (χ2n) is 6.12. The van der Waals surface area contributed by atoms with Gasteiger partial charge in [0.2, 0.25) is 0 Å². The van der Waals surface area contributed by atoms with E-state index in [2.05, 4.69) is 0 Å². The minimum absolute atomic E-state index is 0.0431. The van der Waals surface area contributed by atoms with Crippen LogP contribution in [-0.2, 0) is 9.59 Å². The molecule has 1 aliphatic rings. The molecule has 0 bridgehead atoms. The summed E-state index contributed by atoms with van der Waals surface area (Å²) in [6.45, 7) is 4.81. The fourth-order valence-electron chi connectivity index (χ4n) is 2.74. The quantitative estimate of drug-likeness (QED) is 0.829. The predicted octanol–water partition coefficient (Wildman–Crippen LogP) is 2.57. The fraction of sp³-hybridized carbons (Fsp3) is 0.556. The molecule has 0 aromatic heterocycles. The number of benzene rings is 1. The molecule has 6 nitrogen and oxygen atoms in total. The maximum Gasteiger partial charge on any atom is 0.308 e. The largest absolute Gasteiger partial charge is 0.494 e. The van der Waals surface area contributed by atoms with Crippen molar-refractivity contribution in [3.05, 3.63) is 24.3 Å². The monoisotopic (exact) mass is 335 g/mol. The van der Waals surface area contributed by atoms with E-state index in [-0.39, 0.29) is 25.1 Å². The summed E-state index contributed by atoms with van der Waals surface area (Å²) in [5.74, 6) is -0.153. The average Bonchev–Trinajstić information content (AvgIpc) is 2.59.